The summed E-state index contributed by atoms with van der Waals surface area (Å²) >= 11 is 0. The quantitative estimate of drug-likeness (QED) is 0.844. The summed E-state index contributed by atoms with van der Waals surface area (Å²) in [4.78, 5) is 4.57. The van der Waals surface area contributed by atoms with E-state index in [1.165, 1.54) is 50.0 Å². The predicted octanol–water partition coefficient (Wildman–Crippen LogP) is 2.57. The van der Waals surface area contributed by atoms with Gasteiger partial charge in [0.1, 0.15) is 0 Å². The number of nitrogens with zero attached hydrogens (tertiary/aromatic N) is 1. The molecule has 1 aromatic rings. The first kappa shape index (κ1) is 11.2. The zero-order valence-corrected chi connectivity index (χ0v) is 10.7. The van der Waals surface area contributed by atoms with Gasteiger partial charge in [-0.25, -0.2) is 0 Å². The standard InChI is InChI=1S/C15H22N2/c1-11-5-6-14(17-8-11)7-12-3-2-4-13-9-16-10-15(12)13/h5-6,8,12-13,15-16H,2-4,7,9-10H2,1H3. The Balaban J connectivity index is 1.69. The second kappa shape index (κ2) is 4.77. The van der Waals surface area contributed by atoms with Crippen LogP contribution in [0.2, 0.25) is 0 Å². The number of pyridine rings is 1. The molecule has 0 bridgehead atoms. The highest BCUT2D eigenvalue weighted by molar-refractivity contribution is 5.13. The van der Waals surface area contributed by atoms with Gasteiger partial charge in [-0.2, -0.15) is 0 Å². The van der Waals surface area contributed by atoms with Gasteiger partial charge in [0.2, 0.25) is 0 Å². The highest BCUT2D eigenvalue weighted by Gasteiger charge is 2.36. The van der Waals surface area contributed by atoms with Gasteiger partial charge in [0.25, 0.3) is 0 Å². The molecular weight excluding hydrogens is 208 g/mol. The van der Waals surface area contributed by atoms with Gasteiger partial charge in [0, 0.05) is 11.9 Å². The van der Waals surface area contributed by atoms with E-state index in [2.05, 4.69) is 29.4 Å². The summed E-state index contributed by atoms with van der Waals surface area (Å²) in [6.07, 6.45) is 7.44. The largest absolute Gasteiger partial charge is 0.316 e. The number of rotatable bonds is 2. The van der Waals surface area contributed by atoms with E-state index in [9.17, 15) is 0 Å². The van der Waals surface area contributed by atoms with Crippen molar-refractivity contribution in [2.75, 3.05) is 13.1 Å². The third-order valence-corrected chi connectivity index (χ3v) is 4.59. The van der Waals surface area contributed by atoms with Gasteiger partial charge in [-0.1, -0.05) is 12.5 Å². The number of aromatic nitrogens is 1. The van der Waals surface area contributed by atoms with Crippen molar-refractivity contribution in [1.29, 1.82) is 0 Å². The summed E-state index contributed by atoms with van der Waals surface area (Å²) in [7, 11) is 0. The van der Waals surface area contributed by atoms with E-state index < -0.39 is 0 Å². The van der Waals surface area contributed by atoms with Crippen molar-refractivity contribution in [1.82, 2.24) is 10.3 Å². The molecule has 3 rings (SSSR count). The number of fused-ring (bicyclic) bond motifs is 1. The van der Waals surface area contributed by atoms with Crippen LogP contribution in [0.1, 0.15) is 30.5 Å². The van der Waals surface area contributed by atoms with E-state index in [0.29, 0.717) is 0 Å². The van der Waals surface area contributed by atoms with E-state index in [4.69, 9.17) is 0 Å². The van der Waals surface area contributed by atoms with Crippen molar-refractivity contribution in [3.8, 4) is 0 Å². The summed E-state index contributed by atoms with van der Waals surface area (Å²) in [6, 6.07) is 4.40. The van der Waals surface area contributed by atoms with Crippen LogP contribution in [-0.4, -0.2) is 18.1 Å². The van der Waals surface area contributed by atoms with Gasteiger partial charge in [0.05, 0.1) is 0 Å². The highest BCUT2D eigenvalue weighted by atomic mass is 14.9. The second-order valence-electron chi connectivity index (χ2n) is 5.80. The lowest BCUT2D eigenvalue weighted by molar-refractivity contribution is 0.197. The molecule has 2 heteroatoms. The van der Waals surface area contributed by atoms with Crippen LogP contribution in [0.15, 0.2) is 18.3 Å². The zero-order chi connectivity index (χ0) is 11.7. The highest BCUT2D eigenvalue weighted by Crippen LogP contribution is 2.38. The lowest BCUT2D eigenvalue weighted by atomic mass is 9.72. The zero-order valence-electron chi connectivity index (χ0n) is 10.7. The van der Waals surface area contributed by atoms with Gasteiger partial charge >= 0.3 is 0 Å². The van der Waals surface area contributed by atoms with Gasteiger partial charge in [-0.3, -0.25) is 4.98 Å². The van der Waals surface area contributed by atoms with Gasteiger partial charge < -0.3 is 5.32 Å². The first-order valence-corrected chi connectivity index (χ1v) is 6.95. The van der Waals surface area contributed by atoms with Crippen LogP contribution in [0, 0.1) is 24.7 Å². The van der Waals surface area contributed by atoms with Crippen molar-refractivity contribution in [3.63, 3.8) is 0 Å². The maximum atomic E-state index is 4.57. The summed E-state index contributed by atoms with van der Waals surface area (Å²) in [5, 5.41) is 3.57. The lowest BCUT2D eigenvalue weighted by Crippen LogP contribution is -2.28. The molecule has 0 amide bonds. The average molecular weight is 230 g/mol. The van der Waals surface area contributed by atoms with Gasteiger partial charge in [-0.15, -0.1) is 0 Å². The van der Waals surface area contributed by atoms with E-state index >= 15 is 0 Å². The molecule has 3 atom stereocenters. The van der Waals surface area contributed by atoms with Crippen molar-refractivity contribution in [2.45, 2.75) is 32.6 Å². The molecule has 0 aromatic carbocycles. The molecule has 1 aromatic heterocycles. The molecule has 1 aliphatic heterocycles. The van der Waals surface area contributed by atoms with Crippen molar-refractivity contribution in [2.24, 2.45) is 17.8 Å². The van der Waals surface area contributed by atoms with E-state index in [1.54, 1.807) is 0 Å². The molecule has 17 heavy (non-hydrogen) atoms. The summed E-state index contributed by atoms with van der Waals surface area (Å²) in [6.45, 7) is 4.60. The molecule has 2 aliphatic rings. The maximum absolute atomic E-state index is 4.57. The summed E-state index contributed by atoms with van der Waals surface area (Å²) in [5.41, 5.74) is 2.55. The average Bonchev–Trinajstić information content (AvgIpc) is 2.81. The van der Waals surface area contributed by atoms with Crippen molar-refractivity contribution < 1.29 is 0 Å². The number of nitrogens with one attached hydrogen (secondary N) is 1. The molecular formula is C15H22N2. The van der Waals surface area contributed by atoms with Crippen molar-refractivity contribution in [3.05, 3.63) is 29.6 Å². The first-order chi connectivity index (χ1) is 8.33. The smallest absolute Gasteiger partial charge is 0.0406 e. The fraction of sp³-hybridized carbons (Fsp3) is 0.667. The number of hydrogen-bond acceptors (Lipinski definition) is 2. The second-order valence-corrected chi connectivity index (χ2v) is 5.80. The van der Waals surface area contributed by atoms with Crippen LogP contribution < -0.4 is 5.32 Å². The monoisotopic (exact) mass is 230 g/mol. The molecule has 1 N–H and O–H groups in total. The molecule has 2 heterocycles. The molecule has 1 saturated heterocycles. The molecule has 2 nitrogen and oxygen atoms in total. The Labute approximate surface area is 104 Å². The number of hydrogen-bond donors (Lipinski definition) is 1. The SMILES string of the molecule is Cc1ccc(CC2CCCC3CNCC32)nc1. The van der Waals surface area contributed by atoms with E-state index in [1.807, 2.05) is 6.20 Å². The Morgan fingerprint density at radius 2 is 2.24 bits per heavy atom. The van der Waals surface area contributed by atoms with E-state index in [-0.39, 0.29) is 0 Å². The first-order valence-electron chi connectivity index (χ1n) is 6.95. The molecule has 3 unspecified atom stereocenters. The Morgan fingerprint density at radius 1 is 1.29 bits per heavy atom. The lowest BCUT2D eigenvalue weighted by Gasteiger charge is -2.33. The molecule has 1 aliphatic carbocycles. The minimum Gasteiger partial charge on any atom is -0.316 e. The Morgan fingerprint density at radius 3 is 3.06 bits per heavy atom. The summed E-state index contributed by atoms with van der Waals surface area (Å²) in [5.74, 6) is 2.71. The maximum Gasteiger partial charge on any atom is 0.0406 e. The Bertz CT molecular complexity index is 371. The third-order valence-electron chi connectivity index (χ3n) is 4.59. The Hall–Kier alpha value is -0.890. The van der Waals surface area contributed by atoms with Gasteiger partial charge in [0.15, 0.2) is 0 Å². The fourth-order valence-electron chi connectivity index (χ4n) is 3.62. The molecule has 0 radical (unpaired) electrons. The number of aryl methyl sites for hydroxylation is 1. The predicted molar refractivity (Wildman–Crippen MR) is 69.9 cm³/mol. The normalized spacial score (nSPS) is 32.4. The van der Waals surface area contributed by atoms with Crippen LogP contribution >= 0.6 is 0 Å². The van der Waals surface area contributed by atoms with E-state index in [0.717, 1.165) is 17.8 Å². The molecule has 2 fully saturated rings. The minimum atomic E-state index is 0.860. The van der Waals surface area contributed by atoms with Crippen molar-refractivity contribution >= 4 is 0 Å². The van der Waals surface area contributed by atoms with Gasteiger partial charge in [-0.05, 0) is 68.7 Å². The molecule has 92 valence electrons. The summed E-state index contributed by atoms with van der Waals surface area (Å²) < 4.78 is 0. The minimum absolute atomic E-state index is 0.860. The van der Waals surface area contributed by atoms with Crippen LogP contribution in [0.5, 0.6) is 0 Å². The van der Waals surface area contributed by atoms with Crippen LogP contribution in [0.25, 0.3) is 0 Å². The Kier molecular flexibility index (Phi) is 3.15. The molecule has 1 saturated carbocycles. The van der Waals surface area contributed by atoms with Crippen LogP contribution in [0.3, 0.4) is 0 Å². The van der Waals surface area contributed by atoms with Crippen LogP contribution in [0.4, 0.5) is 0 Å². The fourth-order valence-corrected chi connectivity index (χ4v) is 3.62. The topological polar surface area (TPSA) is 24.9 Å². The molecule has 0 spiro atoms. The third kappa shape index (κ3) is 2.37. The van der Waals surface area contributed by atoms with Crippen LogP contribution in [-0.2, 0) is 6.42 Å².